The Labute approximate surface area is 174 Å². The number of anilines is 1. The molecule has 5 nitrogen and oxygen atoms in total. The fraction of sp³-hybridized carbons (Fsp3) is 0.273. The molecule has 1 fully saturated rings. The van der Waals surface area contributed by atoms with E-state index >= 15 is 0 Å². The van der Waals surface area contributed by atoms with Crippen molar-refractivity contribution in [1.82, 2.24) is 14.5 Å². The van der Waals surface area contributed by atoms with Gasteiger partial charge in [0.2, 0.25) is 0 Å². The van der Waals surface area contributed by atoms with Gasteiger partial charge in [-0.3, -0.25) is 9.36 Å². The van der Waals surface area contributed by atoms with E-state index in [9.17, 15) is 9.18 Å². The lowest BCUT2D eigenvalue weighted by Crippen LogP contribution is -2.35. The van der Waals surface area contributed by atoms with Crippen LogP contribution < -0.4 is 4.90 Å². The molecule has 7 heteroatoms. The van der Waals surface area contributed by atoms with Crippen molar-refractivity contribution in [3.63, 3.8) is 0 Å². The standard InChI is InChI=1S/C22H23FN4OS/c1-29-22-24-11-14-27(22)20-7-3-17(4-8-20)21(28)26-13-2-12-25(15-16-26)19-9-5-18(23)6-10-19/h3-11,14H,2,12-13,15-16H2,1H3. The zero-order valence-corrected chi connectivity index (χ0v) is 17.1. The van der Waals surface area contributed by atoms with Crippen LogP contribution in [0.1, 0.15) is 16.8 Å². The number of imidazole rings is 1. The lowest BCUT2D eigenvalue weighted by molar-refractivity contribution is 0.0767. The second-order valence-electron chi connectivity index (χ2n) is 6.94. The molecule has 0 unspecified atom stereocenters. The Balaban J connectivity index is 1.43. The van der Waals surface area contributed by atoms with Gasteiger partial charge in [-0.05, 0) is 61.2 Å². The van der Waals surface area contributed by atoms with Gasteiger partial charge in [0.1, 0.15) is 5.82 Å². The number of carbonyl (C=O) groups is 1. The van der Waals surface area contributed by atoms with Crippen molar-refractivity contribution in [3.05, 3.63) is 72.3 Å². The predicted octanol–water partition coefficient (Wildman–Crippen LogP) is 4.09. The van der Waals surface area contributed by atoms with Gasteiger partial charge in [0.05, 0.1) is 0 Å². The van der Waals surface area contributed by atoms with Crippen LogP contribution in [0.5, 0.6) is 0 Å². The molecule has 1 aromatic heterocycles. The van der Waals surface area contributed by atoms with Crippen LogP contribution in [0.4, 0.5) is 10.1 Å². The molecule has 3 aromatic rings. The van der Waals surface area contributed by atoms with E-state index in [1.807, 2.05) is 46.2 Å². The summed E-state index contributed by atoms with van der Waals surface area (Å²) in [5.41, 5.74) is 2.67. The molecule has 4 rings (SSSR count). The zero-order chi connectivity index (χ0) is 20.2. The third-order valence-corrected chi connectivity index (χ3v) is 5.82. The van der Waals surface area contributed by atoms with Crippen molar-refractivity contribution in [2.24, 2.45) is 0 Å². The fourth-order valence-electron chi connectivity index (χ4n) is 3.62. The van der Waals surface area contributed by atoms with Gasteiger partial charge in [-0.15, -0.1) is 0 Å². The number of amides is 1. The number of carbonyl (C=O) groups excluding carboxylic acids is 1. The second-order valence-corrected chi connectivity index (χ2v) is 7.71. The summed E-state index contributed by atoms with van der Waals surface area (Å²) in [7, 11) is 0. The highest BCUT2D eigenvalue weighted by Gasteiger charge is 2.20. The predicted molar refractivity (Wildman–Crippen MR) is 114 cm³/mol. The first-order valence-corrected chi connectivity index (χ1v) is 10.9. The molecule has 2 aromatic carbocycles. The molecular formula is C22H23FN4OS. The van der Waals surface area contributed by atoms with Crippen molar-refractivity contribution in [1.29, 1.82) is 0 Å². The summed E-state index contributed by atoms with van der Waals surface area (Å²) in [6, 6.07) is 14.2. The molecule has 150 valence electrons. The molecule has 0 atom stereocenters. The average Bonchev–Trinajstić information content (AvgIpc) is 3.10. The van der Waals surface area contributed by atoms with Gasteiger partial charge < -0.3 is 9.80 Å². The summed E-state index contributed by atoms with van der Waals surface area (Å²) in [6.45, 7) is 2.96. The van der Waals surface area contributed by atoms with Crippen LogP contribution >= 0.6 is 11.8 Å². The first-order valence-electron chi connectivity index (χ1n) is 9.63. The highest BCUT2D eigenvalue weighted by atomic mass is 32.2. The van der Waals surface area contributed by atoms with Crippen LogP contribution in [0.25, 0.3) is 5.69 Å². The number of thioether (sulfide) groups is 1. The maximum atomic E-state index is 13.2. The monoisotopic (exact) mass is 410 g/mol. The van der Waals surface area contributed by atoms with Gasteiger partial charge in [-0.25, -0.2) is 9.37 Å². The maximum absolute atomic E-state index is 13.2. The molecular weight excluding hydrogens is 387 g/mol. The van der Waals surface area contributed by atoms with Crippen LogP contribution in [-0.4, -0.2) is 52.8 Å². The lowest BCUT2D eigenvalue weighted by Gasteiger charge is -2.24. The van der Waals surface area contributed by atoms with Crippen molar-refractivity contribution >= 4 is 23.4 Å². The van der Waals surface area contributed by atoms with E-state index in [1.165, 1.54) is 12.1 Å². The van der Waals surface area contributed by atoms with E-state index in [0.29, 0.717) is 12.1 Å². The van der Waals surface area contributed by atoms with Crippen molar-refractivity contribution in [2.45, 2.75) is 11.6 Å². The van der Waals surface area contributed by atoms with E-state index < -0.39 is 0 Å². The number of benzene rings is 2. The highest BCUT2D eigenvalue weighted by molar-refractivity contribution is 7.98. The van der Waals surface area contributed by atoms with Crippen LogP contribution in [0.15, 0.2) is 66.1 Å². The van der Waals surface area contributed by atoms with Gasteiger partial charge in [-0.2, -0.15) is 0 Å². The minimum atomic E-state index is -0.232. The van der Waals surface area contributed by atoms with Crippen LogP contribution in [0.3, 0.4) is 0 Å². The van der Waals surface area contributed by atoms with E-state index in [0.717, 1.165) is 42.6 Å². The second kappa shape index (κ2) is 8.69. The Morgan fingerprint density at radius 2 is 1.69 bits per heavy atom. The molecule has 0 N–H and O–H groups in total. The van der Waals surface area contributed by atoms with E-state index in [-0.39, 0.29) is 11.7 Å². The zero-order valence-electron chi connectivity index (χ0n) is 16.3. The number of halogens is 1. The molecule has 0 saturated carbocycles. The molecule has 0 spiro atoms. The summed E-state index contributed by atoms with van der Waals surface area (Å²) in [5, 5.41) is 0.914. The number of aromatic nitrogens is 2. The van der Waals surface area contributed by atoms with Gasteiger partial charge in [0, 0.05) is 55.5 Å². The number of hydrogen-bond acceptors (Lipinski definition) is 4. The summed E-state index contributed by atoms with van der Waals surface area (Å²) in [6.07, 6.45) is 6.56. The molecule has 1 saturated heterocycles. The molecule has 29 heavy (non-hydrogen) atoms. The molecule has 2 heterocycles. The Hall–Kier alpha value is -2.80. The van der Waals surface area contributed by atoms with E-state index in [2.05, 4.69) is 9.88 Å². The molecule has 1 aliphatic rings. The summed E-state index contributed by atoms with van der Waals surface area (Å²) in [4.78, 5) is 21.4. The molecule has 0 aliphatic carbocycles. The topological polar surface area (TPSA) is 41.4 Å². The Bertz CT molecular complexity index is 971. The molecule has 0 radical (unpaired) electrons. The van der Waals surface area contributed by atoms with Gasteiger partial charge in [0.15, 0.2) is 5.16 Å². The highest BCUT2D eigenvalue weighted by Crippen LogP contribution is 2.20. The van der Waals surface area contributed by atoms with Crippen molar-refractivity contribution < 1.29 is 9.18 Å². The number of nitrogens with zero attached hydrogens (tertiary/aromatic N) is 4. The lowest BCUT2D eigenvalue weighted by atomic mass is 10.1. The van der Waals surface area contributed by atoms with Crippen molar-refractivity contribution in [2.75, 3.05) is 37.3 Å². The number of rotatable bonds is 4. The summed E-state index contributed by atoms with van der Waals surface area (Å²) >= 11 is 1.58. The Kier molecular flexibility index (Phi) is 5.85. The Morgan fingerprint density at radius 1 is 0.966 bits per heavy atom. The van der Waals surface area contributed by atoms with Crippen LogP contribution in [0.2, 0.25) is 0 Å². The maximum Gasteiger partial charge on any atom is 0.253 e. The average molecular weight is 411 g/mol. The third-order valence-electron chi connectivity index (χ3n) is 5.16. The minimum absolute atomic E-state index is 0.0493. The largest absolute Gasteiger partial charge is 0.370 e. The fourth-order valence-corrected chi connectivity index (χ4v) is 4.14. The first-order chi connectivity index (χ1) is 14.2. The van der Waals surface area contributed by atoms with Gasteiger partial charge in [-0.1, -0.05) is 11.8 Å². The summed E-state index contributed by atoms with van der Waals surface area (Å²) in [5.74, 6) is -0.183. The van der Waals surface area contributed by atoms with Gasteiger partial charge >= 0.3 is 0 Å². The van der Waals surface area contributed by atoms with Crippen molar-refractivity contribution in [3.8, 4) is 5.69 Å². The molecule has 1 aliphatic heterocycles. The number of hydrogen-bond donors (Lipinski definition) is 0. The van der Waals surface area contributed by atoms with E-state index in [1.54, 1.807) is 30.1 Å². The molecule has 0 bridgehead atoms. The van der Waals surface area contributed by atoms with Crippen LogP contribution in [-0.2, 0) is 0 Å². The SMILES string of the molecule is CSc1nccn1-c1ccc(C(=O)N2CCCN(c3ccc(F)cc3)CC2)cc1. The Morgan fingerprint density at radius 3 is 2.41 bits per heavy atom. The quantitative estimate of drug-likeness (QED) is 0.608. The summed E-state index contributed by atoms with van der Waals surface area (Å²) < 4.78 is 15.2. The van der Waals surface area contributed by atoms with Gasteiger partial charge in [0.25, 0.3) is 5.91 Å². The normalized spacial score (nSPS) is 14.7. The first kappa shape index (κ1) is 19.5. The minimum Gasteiger partial charge on any atom is -0.370 e. The third kappa shape index (κ3) is 4.29. The van der Waals surface area contributed by atoms with Crippen LogP contribution in [0, 0.1) is 5.82 Å². The van der Waals surface area contributed by atoms with E-state index in [4.69, 9.17) is 0 Å². The molecule has 1 amide bonds. The smallest absolute Gasteiger partial charge is 0.253 e.